The summed E-state index contributed by atoms with van der Waals surface area (Å²) < 4.78 is 0. The van der Waals surface area contributed by atoms with Crippen molar-refractivity contribution in [3.63, 3.8) is 0 Å². The zero-order chi connectivity index (χ0) is 12.6. The molecule has 0 spiro atoms. The third kappa shape index (κ3) is 2.05. The van der Waals surface area contributed by atoms with Crippen LogP contribution in [-0.4, -0.2) is 0 Å². The molecule has 0 nitrogen and oxygen atoms in total. The van der Waals surface area contributed by atoms with E-state index < -0.39 is 0 Å². The van der Waals surface area contributed by atoms with Gasteiger partial charge >= 0.3 is 0 Å². The Morgan fingerprint density at radius 2 is 1.69 bits per heavy atom. The summed E-state index contributed by atoms with van der Waals surface area (Å²) in [6.45, 7) is 17.1. The minimum Gasteiger partial charge on any atom is -0.0654 e. The van der Waals surface area contributed by atoms with E-state index in [0.717, 1.165) is 17.8 Å². The van der Waals surface area contributed by atoms with Gasteiger partial charge in [0.25, 0.3) is 0 Å². The Morgan fingerprint density at radius 1 is 1.12 bits per heavy atom. The van der Waals surface area contributed by atoms with E-state index in [0.29, 0.717) is 10.8 Å². The highest BCUT2D eigenvalue weighted by Crippen LogP contribution is 2.75. The maximum atomic E-state index is 2.54. The molecule has 96 valence electrons. The third-order valence-electron chi connectivity index (χ3n) is 5.85. The van der Waals surface area contributed by atoms with Crippen LogP contribution in [0.1, 0.15) is 74.1 Å². The third-order valence-corrected chi connectivity index (χ3v) is 5.85. The topological polar surface area (TPSA) is 0 Å². The lowest BCUT2D eigenvalue weighted by Crippen LogP contribution is -2.18. The maximum Gasteiger partial charge on any atom is -0.0212 e. The molecular weight excluding hydrogens is 192 g/mol. The fourth-order valence-corrected chi connectivity index (χ4v) is 4.23. The molecule has 4 unspecified atom stereocenters. The molecule has 0 amide bonds. The summed E-state index contributed by atoms with van der Waals surface area (Å²) in [5.41, 5.74) is 1.21. The van der Waals surface area contributed by atoms with Gasteiger partial charge in [-0.3, -0.25) is 0 Å². The number of rotatable bonds is 6. The Hall–Kier alpha value is 0. The molecule has 0 radical (unpaired) electrons. The van der Waals surface area contributed by atoms with E-state index in [-0.39, 0.29) is 0 Å². The van der Waals surface area contributed by atoms with Gasteiger partial charge in [-0.25, -0.2) is 0 Å². The normalized spacial score (nSPS) is 40.1. The van der Waals surface area contributed by atoms with Crippen LogP contribution < -0.4 is 0 Å². The highest BCUT2D eigenvalue weighted by Gasteiger charge is 2.69. The summed E-state index contributed by atoms with van der Waals surface area (Å²) in [5, 5.41) is 0. The van der Waals surface area contributed by atoms with Crippen LogP contribution in [-0.2, 0) is 0 Å². The van der Waals surface area contributed by atoms with Crippen molar-refractivity contribution >= 4 is 0 Å². The highest BCUT2D eigenvalue weighted by atomic mass is 14.7. The number of hydrogen-bond acceptors (Lipinski definition) is 0. The van der Waals surface area contributed by atoms with Gasteiger partial charge in [-0.1, -0.05) is 67.7 Å². The molecule has 0 aromatic heterocycles. The van der Waals surface area contributed by atoms with Crippen molar-refractivity contribution in [2.45, 2.75) is 74.1 Å². The number of unbranched alkanes of at least 4 members (excludes halogenated alkanes) is 1. The molecule has 4 atom stereocenters. The average molecular weight is 224 g/mol. The van der Waals surface area contributed by atoms with Crippen LogP contribution in [0.4, 0.5) is 0 Å². The first kappa shape index (κ1) is 14.1. The summed E-state index contributed by atoms with van der Waals surface area (Å²) in [6, 6.07) is 0. The first-order valence-electron chi connectivity index (χ1n) is 7.30. The summed E-state index contributed by atoms with van der Waals surface area (Å²) in [5.74, 6) is 2.65. The van der Waals surface area contributed by atoms with Gasteiger partial charge in [-0.2, -0.15) is 0 Å². The molecule has 16 heavy (non-hydrogen) atoms. The summed E-state index contributed by atoms with van der Waals surface area (Å²) >= 11 is 0. The van der Waals surface area contributed by atoms with E-state index >= 15 is 0 Å². The maximum absolute atomic E-state index is 2.54. The Bertz CT molecular complexity index is 230. The van der Waals surface area contributed by atoms with Crippen LogP contribution in [0.25, 0.3) is 0 Å². The molecule has 1 aliphatic rings. The van der Waals surface area contributed by atoms with Crippen molar-refractivity contribution in [2.24, 2.45) is 28.6 Å². The molecule has 0 bridgehead atoms. The second kappa shape index (κ2) is 4.70. The zero-order valence-corrected chi connectivity index (χ0v) is 12.6. The van der Waals surface area contributed by atoms with Crippen LogP contribution in [0, 0.1) is 28.6 Å². The molecule has 0 aliphatic heterocycles. The quantitative estimate of drug-likeness (QED) is 0.557. The summed E-state index contributed by atoms with van der Waals surface area (Å²) in [7, 11) is 0. The van der Waals surface area contributed by atoms with Crippen molar-refractivity contribution in [2.75, 3.05) is 0 Å². The fraction of sp³-hybridized carbons (Fsp3) is 1.00. The monoisotopic (exact) mass is 224 g/mol. The van der Waals surface area contributed by atoms with Crippen LogP contribution in [0.5, 0.6) is 0 Å². The van der Waals surface area contributed by atoms with Crippen molar-refractivity contribution in [3.05, 3.63) is 0 Å². The van der Waals surface area contributed by atoms with Crippen LogP contribution in [0.3, 0.4) is 0 Å². The van der Waals surface area contributed by atoms with Gasteiger partial charge in [0.05, 0.1) is 0 Å². The molecule has 1 aliphatic carbocycles. The Morgan fingerprint density at radius 3 is 2.12 bits per heavy atom. The zero-order valence-electron chi connectivity index (χ0n) is 12.6. The van der Waals surface area contributed by atoms with Crippen LogP contribution >= 0.6 is 0 Å². The van der Waals surface area contributed by atoms with E-state index in [9.17, 15) is 0 Å². The second-order valence-corrected chi connectivity index (χ2v) is 7.06. The lowest BCUT2D eigenvalue weighted by atomic mass is 9.79. The van der Waals surface area contributed by atoms with Gasteiger partial charge in [0.15, 0.2) is 0 Å². The van der Waals surface area contributed by atoms with E-state index in [2.05, 4.69) is 48.5 Å². The molecule has 1 fully saturated rings. The predicted octanol–water partition coefficient (Wildman–Crippen LogP) is 5.52. The molecule has 0 N–H and O–H groups in total. The van der Waals surface area contributed by atoms with Crippen LogP contribution in [0.2, 0.25) is 0 Å². The molecule has 0 heterocycles. The highest BCUT2D eigenvalue weighted by molar-refractivity contribution is 5.16. The van der Waals surface area contributed by atoms with Crippen molar-refractivity contribution in [1.29, 1.82) is 0 Å². The lowest BCUT2D eigenvalue weighted by Gasteiger charge is -2.26. The standard InChI is InChI=1S/C16H32/c1-8-9-10-13(4)16(7)14(5)15(16,6)11-12(2)3/h12-14H,8-11H2,1-7H3. The van der Waals surface area contributed by atoms with E-state index in [1.807, 2.05) is 0 Å². The SMILES string of the molecule is CCCCC(C)C1(C)C(C)C1(C)CC(C)C. The van der Waals surface area contributed by atoms with Crippen LogP contribution in [0.15, 0.2) is 0 Å². The molecule has 1 saturated carbocycles. The molecular formula is C16H32. The van der Waals surface area contributed by atoms with E-state index in [4.69, 9.17) is 0 Å². The molecule has 0 heteroatoms. The van der Waals surface area contributed by atoms with E-state index in [1.165, 1.54) is 25.7 Å². The van der Waals surface area contributed by atoms with Crippen molar-refractivity contribution < 1.29 is 0 Å². The first-order valence-corrected chi connectivity index (χ1v) is 7.30. The number of hydrogen-bond donors (Lipinski definition) is 0. The van der Waals surface area contributed by atoms with E-state index in [1.54, 1.807) is 0 Å². The Balaban J connectivity index is 2.65. The largest absolute Gasteiger partial charge is 0.0654 e. The molecule has 0 aromatic rings. The Kier molecular flexibility index (Phi) is 4.13. The summed E-state index contributed by atoms with van der Waals surface area (Å²) in [4.78, 5) is 0. The predicted molar refractivity (Wildman–Crippen MR) is 73.5 cm³/mol. The van der Waals surface area contributed by atoms with Gasteiger partial charge < -0.3 is 0 Å². The Labute approximate surface area is 103 Å². The average Bonchev–Trinajstić information content (AvgIpc) is 2.61. The van der Waals surface area contributed by atoms with Crippen molar-refractivity contribution in [3.8, 4) is 0 Å². The van der Waals surface area contributed by atoms with Crippen molar-refractivity contribution in [1.82, 2.24) is 0 Å². The van der Waals surface area contributed by atoms with Gasteiger partial charge in [0.1, 0.15) is 0 Å². The van der Waals surface area contributed by atoms with Gasteiger partial charge in [-0.05, 0) is 35.0 Å². The first-order chi connectivity index (χ1) is 7.30. The lowest BCUT2D eigenvalue weighted by molar-refractivity contribution is 0.230. The summed E-state index contributed by atoms with van der Waals surface area (Å²) in [6.07, 6.45) is 5.57. The molecule has 0 saturated heterocycles. The van der Waals surface area contributed by atoms with Gasteiger partial charge in [0.2, 0.25) is 0 Å². The smallest absolute Gasteiger partial charge is 0.0212 e. The minimum absolute atomic E-state index is 0.604. The van der Waals surface area contributed by atoms with Gasteiger partial charge in [0, 0.05) is 0 Å². The van der Waals surface area contributed by atoms with Gasteiger partial charge in [-0.15, -0.1) is 0 Å². The molecule has 0 aromatic carbocycles. The second-order valence-electron chi connectivity index (χ2n) is 7.06. The fourth-order valence-electron chi connectivity index (χ4n) is 4.23. The minimum atomic E-state index is 0.604. The molecule has 1 rings (SSSR count).